The smallest absolute Gasteiger partial charge is 0.698 e. The molecule has 3 heteroatoms. The summed E-state index contributed by atoms with van der Waals surface area (Å²) in [7, 11) is 0. The fourth-order valence-corrected chi connectivity index (χ4v) is 3.10. The van der Waals surface area contributed by atoms with E-state index in [1.165, 1.54) is 0 Å². The van der Waals surface area contributed by atoms with Crippen molar-refractivity contribution in [2.24, 2.45) is 0 Å². The van der Waals surface area contributed by atoms with Gasteiger partial charge in [-0.1, -0.05) is 114 Å². The third-order valence-corrected chi connectivity index (χ3v) is 4.75. The Morgan fingerprint density at radius 3 is 0.815 bits per heavy atom. The van der Waals surface area contributed by atoms with Gasteiger partial charge in [0.1, 0.15) is 0 Å². The molecule has 2 aromatic carbocycles. The topological polar surface area (TPSA) is 47.6 Å². The second-order valence-corrected chi connectivity index (χ2v) is 8.24. The van der Waals surface area contributed by atoms with E-state index >= 15 is 0 Å². The number of hydrogen-bond donors (Lipinski definition) is 0. The number of hydrogen-bond acceptors (Lipinski definition) is 0. The summed E-state index contributed by atoms with van der Waals surface area (Å²) in [6.45, 7) is 17.1. The maximum absolute atomic E-state index is 8.01. The molecule has 2 aromatic rings. The van der Waals surface area contributed by atoms with E-state index in [9.17, 15) is 0 Å². The molecule has 144 valence electrons. The van der Waals surface area contributed by atoms with Crippen LogP contribution in [0, 0.1) is 0 Å². The first-order chi connectivity index (χ1) is 12.1. The second kappa shape index (κ2) is 12.0. The van der Waals surface area contributed by atoms with Crippen molar-refractivity contribution in [3.05, 3.63) is 70.1 Å². The Morgan fingerprint density at radius 1 is 0.481 bits per heavy atom. The van der Waals surface area contributed by atoms with E-state index in [4.69, 9.17) is 11.5 Å². The monoisotopic (exact) mass is 392 g/mol. The first-order valence-electron chi connectivity index (χ1n) is 9.76. The molecule has 27 heavy (non-hydrogen) atoms. The largest absolute Gasteiger partial charge is 2.00 e. The van der Waals surface area contributed by atoms with Crippen LogP contribution in [0.1, 0.15) is 101 Å². The summed E-state index contributed by atoms with van der Waals surface area (Å²) in [5.74, 6) is 1.80. The molecule has 0 atom stereocenters. The Labute approximate surface area is 197 Å². The average molecular weight is 393 g/mol. The molecule has 0 amide bonds. The predicted octanol–water partition coefficient (Wildman–Crippen LogP) is 8.85. The molecule has 0 aliphatic heterocycles. The van der Waals surface area contributed by atoms with Crippen molar-refractivity contribution in [1.82, 2.24) is 0 Å². The molecule has 2 N–H and O–H groups in total. The van der Waals surface area contributed by atoms with Crippen LogP contribution >= 0.6 is 0 Å². The molecule has 0 bridgehead atoms. The van der Waals surface area contributed by atoms with E-state index in [-0.39, 0.29) is 37.7 Å². The summed E-state index contributed by atoms with van der Waals surface area (Å²) in [5, 5.41) is 0. The fourth-order valence-electron chi connectivity index (χ4n) is 3.10. The molecule has 0 spiro atoms. The van der Waals surface area contributed by atoms with Crippen LogP contribution in [0.5, 0.6) is 0 Å². The van der Waals surface area contributed by atoms with Gasteiger partial charge in [-0.15, -0.1) is 11.4 Å². The third-order valence-electron chi connectivity index (χ3n) is 4.75. The Balaban J connectivity index is 0.000000483. The van der Waals surface area contributed by atoms with Crippen molar-refractivity contribution in [2.45, 2.75) is 79.1 Å². The molecule has 0 heterocycles. The van der Waals surface area contributed by atoms with Crippen molar-refractivity contribution < 1.29 is 0 Å². The summed E-state index contributed by atoms with van der Waals surface area (Å²) in [4.78, 5) is 0. The number of benzene rings is 2. The quantitative estimate of drug-likeness (QED) is 0.466. The number of rotatable bonds is 4. The summed E-state index contributed by atoms with van der Waals surface area (Å²) >= 11 is 0. The Kier molecular flexibility index (Phi) is 11.7. The van der Waals surface area contributed by atoms with Gasteiger partial charge in [0, 0.05) is 0 Å². The van der Waals surface area contributed by atoms with E-state index in [0.29, 0.717) is 23.7 Å². The summed E-state index contributed by atoms with van der Waals surface area (Å²) in [5.41, 5.74) is 22.1. The van der Waals surface area contributed by atoms with Crippen LogP contribution in [-0.2, 0) is 0 Å². The van der Waals surface area contributed by atoms with Gasteiger partial charge in [-0.3, -0.25) is 0 Å². The minimum atomic E-state index is 0. The molecule has 0 aliphatic carbocycles. The number of nitrogens with one attached hydrogen (secondary N) is 2. The second-order valence-electron chi connectivity index (χ2n) is 8.24. The third kappa shape index (κ3) is 7.33. The van der Waals surface area contributed by atoms with E-state index in [1.807, 2.05) is 0 Å². The summed E-state index contributed by atoms with van der Waals surface area (Å²) < 4.78 is 0. The molecule has 2 nitrogen and oxygen atoms in total. The van der Waals surface area contributed by atoms with E-state index in [0.717, 1.165) is 33.6 Å². The molecule has 0 radical (unpaired) electrons. The van der Waals surface area contributed by atoms with Crippen LogP contribution in [0.3, 0.4) is 0 Å². The van der Waals surface area contributed by atoms with Gasteiger partial charge < -0.3 is 11.5 Å². The summed E-state index contributed by atoms with van der Waals surface area (Å²) in [6.07, 6.45) is 0. The molecular weight excluding hydrogens is 356 g/mol. The van der Waals surface area contributed by atoms with Crippen molar-refractivity contribution in [3.63, 3.8) is 0 Å². The van der Waals surface area contributed by atoms with Crippen LogP contribution in [0.15, 0.2) is 36.4 Å². The van der Waals surface area contributed by atoms with E-state index in [1.54, 1.807) is 0 Å². The zero-order valence-corrected chi connectivity index (χ0v) is 20.7. The molecule has 2 rings (SSSR count). The molecule has 0 saturated carbocycles. The maximum atomic E-state index is 8.01. The van der Waals surface area contributed by atoms with Crippen LogP contribution in [0.25, 0.3) is 11.5 Å². The van der Waals surface area contributed by atoms with Gasteiger partial charge in [0.25, 0.3) is 0 Å². The Morgan fingerprint density at radius 2 is 0.667 bits per heavy atom. The van der Waals surface area contributed by atoms with Crippen molar-refractivity contribution in [2.75, 3.05) is 0 Å². The van der Waals surface area contributed by atoms with Crippen molar-refractivity contribution in [3.8, 4) is 0 Å². The minimum absolute atomic E-state index is 0. The van der Waals surface area contributed by atoms with Gasteiger partial charge in [0.15, 0.2) is 0 Å². The molecule has 0 fully saturated rings. The van der Waals surface area contributed by atoms with Gasteiger partial charge in [0.2, 0.25) is 0 Å². The van der Waals surface area contributed by atoms with Crippen LogP contribution in [-0.4, -0.2) is 37.7 Å². The molecule has 0 aromatic heterocycles. The Hall–Kier alpha value is -0.700. The normalized spacial score (nSPS) is 10.8. The first-order valence-corrected chi connectivity index (χ1v) is 9.76. The van der Waals surface area contributed by atoms with E-state index in [2.05, 4.69) is 91.8 Å². The van der Waals surface area contributed by atoms with Gasteiger partial charge >= 0.3 is 37.7 Å². The van der Waals surface area contributed by atoms with Crippen LogP contribution < -0.4 is 0 Å². The minimum Gasteiger partial charge on any atom is -0.698 e. The Bertz CT molecular complexity index is 590. The first kappa shape index (κ1) is 26.3. The predicted molar refractivity (Wildman–Crippen MR) is 123 cm³/mol. The molecule has 0 unspecified atom stereocenters. The van der Waals surface area contributed by atoms with Crippen molar-refractivity contribution in [1.29, 1.82) is 0 Å². The average Bonchev–Trinajstić information content (AvgIpc) is 2.54. The molecule has 0 aliphatic rings. The zero-order valence-electron chi connectivity index (χ0n) is 18.5. The molecule has 0 saturated heterocycles. The molecular formula is C24H36CaN2. The van der Waals surface area contributed by atoms with Crippen LogP contribution in [0.2, 0.25) is 0 Å². The van der Waals surface area contributed by atoms with E-state index < -0.39 is 0 Å². The maximum Gasteiger partial charge on any atom is 2.00 e. The summed E-state index contributed by atoms with van der Waals surface area (Å²) in [6, 6.07) is 12.3. The standard InChI is InChI=1S/2C12H18N.Ca/c2*1-8(2)10-6-5-7-11(9(3)4)12(10)13;/h2*5-9,13H,1-4H3;/q2*-1;+2. The van der Waals surface area contributed by atoms with Crippen molar-refractivity contribution >= 4 is 49.1 Å². The van der Waals surface area contributed by atoms with Gasteiger partial charge in [0.05, 0.1) is 0 Å². The van der Waals surface area contributed by atoms with Gasteiger partial charge in [-0.2, -0.15) is 0 Å². The van der Waals surface area contributed by atoms with Gasteiger partial charge in [-0.05, 0) is 23.7 Å². The van der Waals surface area contributed by atoms with Gasteiger partial charge in [-0.25, -0.2) is 0 Å². The SMILES string of the molecule is CC(C)c1cccc(C(C)C)c1[NH-].CC(C)c1cccc(C(C)C)c1[NH-].[Ca+2]. The van der Waals surface area contributed by atoms with Crippen LogP contribution in [0.4, 0.5) is 11.4 Å². The fraction of sp³-hybridized carbons (Fsp3) is 0.500. The zero-order chi connectivity index (χ0) is 20.0.